The quantitative estimate of drug-likeness (QED) is 0.878. The van der Waals surface area contributed by atoms with Crippen molar-refractivity contribution in [3.8, 4) is 0 Å². The third-order valence-electron chi connectivity index (χ3n) is 2.12. The molecule has 4 nitrogen and oxygen atoms in total. The highest BCUT2D eigenvalue weighted by atomic mass is 32.2. The number of sulfone groups is 1. The second-order valence-corrected chi connectivity index (χ2v) is 6.30. The van der Waals surface area contributed by atoms with Gasteiger partial charge < -0.3 is 5.32 Å². The Bertz CT molecular complexity index is 474. The molecule has 0 unspecified atom stereocenters. The number of carbonyl (C=O) groups is 1. The lowest BCUT2D eigenvalue weighted by atomic mass is 10.3. The number of amides is 1. The summed E-state index contributed by atoms with van der Waals surface area (Å²) in [7, 11) is -3.23. The zero-order valence-electron chi connectivity index (χ0n) is 9.52. The van der Waals surface area contributed by atoms with Crippen LogP contribution in [0.5, 0.6) is 0 Å². The molecule has 0 radical (unpaired) electrons. The van der Waals surface area contributed by atoms with E-state index in [-0.39, 0.29) is 10.8 Å². The fourth-order valence-electron chi connectivity index (χ4n) is 1.20. The fraction of sp³-hybridized carbons (Fsp3) is 0.364. The first-order valence-electron chi connectivity index (χ1n) is 4.95. The summed E-state index contributed by atoms with van der Waals surface area (Å²) >= 11 is 0. The third kappa shape index (κ3) is 2.82. The minimum Gasteiger partial charge on any atom is -0.326 e. The fourth-order valence-corrected chi connectivity index (χ4v) is 2.26. The summed E-state index contributed by atoms with van der Waals surface area (Å²) in [5, 5.41) is 2.13. The van der Waals surface area contributed by atoms with Crippen LogP contribution in [0.15, 0.2) is 29.2 Å². The van der Waals surface area contributed by atoms with Gasteiger partial charge in [0.25, 0.3) is 0 Å². The number of hydrogen-bond acceptors (Lipinski definition) is 3. The van der Waals surface area contributed by atoms with Crippen molar-refractivity contribution in [1.82, 2.24) is 0 Å². The van der Waals surface area contributed by atoms with E-state index in [1.807, 2.05) is 0 Å². The van der Waals surface area contributed by atoms with Gasteiger partial charge in [-0.05, 0) is 38.1 Å². The minimum absolute atomic E-state index is 0.181. The SMILES string of the molecule is CC(=O)Nc1ccc(S(=O)(=O)C(C)C)cc1. The molecule has 0 bridgehead atoms. The summed E-state index contributed by atoms with van der Waals surface area (Å²) in [6.07, 6.45) is 0. The summed E-state index contributed by atoms with van der Waals surface area (Å²) < 4.78 is 23.6. The summed E-state index contributed by atoms with van der Waals surface area (Å²) in [6.45, 7) is 4.67. The Labute approximate surface area is 95.6 Å². The van der Waals surface area contributed by atoms with Crippen molar-refractivity contribution in [2.45, 2.75) is 30.9 Å². The van der Waals surface area contributed by atoms with Crippen molar-refractivity contribution in [1.29, 1.82) is 0 Å². The van der Waals surface area contributed by atoms with Crippen molar-refractivity contribution in [3.05, 3.63) is 24.3 Å². The molecule has 0 aliphatic heterocycles. The molecule has 1 aromatic rings. The highest BCUT2D eigenvalue weighted by Crippen LogP contribution is 2.18. The Morgan fingerprint density at radius 3 is 2.06 bits per heavy atom. The average molecular weight is 241 g/mol. The highest BCUT2D eigenvalue weighted by Gasteiger charge is 2.18. The zero-order chi connectivity index (χ0) is 12.3. The van der Waals surface area contributed by atoms with Gasteiger partial charge in [-0.2, -0.15) is 0 Å². The molecule has 0 atom stereocenters. The number of anilines is 1. The van der Waals surface area contributed by atoms with Crippen molar-refractivity contribution < 1.29 is 13.2 Å². The number of nitrogens with one attached hydrogen (secondary N) is 1. The Morgan fingerprint density at radius 1 is 1.19 bits per heavy atom. The van der Waals surface area contributed by atoms with E-state index in [0.29, 0.717) is 5.69 Å². The lowest BCUT2D eigenvalue weighted by Crippen LogP contribution is -2.14. The van der Waals surface area contributed by atoms with E-state index < -0.39 is 15.1 Å². The monoisotopic (exact) mass is 241 g/mol. The van der Waals surface area contributed by atoms with Gasteiger partial charge in [-0.15, -0.1) is 0 Å². The Kier molecular flexibility index (Phi) is 3.70. The van der Waals surface area contributed by atoms with E-state index in [2.05, 4.69) is 5.32 Å². The predicted molar refractivity (Wildman–Crippen MR) is 63.1 cm³/mol. The minimum atomic E-state index is -3.23. The van der Waals surface area contributed by atoms with Crippen LogP contribution in [0.4, 0.5) is 5.69 Å². The topological polar surface area (TPSA) is 63.2 Å². The van der Waals surface area contributed by atoms with Gasteiger partial charge in [0.1, 0.15) is 0 Å². The van der Waals surface area contributed by atoms with Crippen LogP contribution < -0.4 is 5.32 Å². The van der Waals surface area contributed by atoms with Gasteiger partial charge in [0, 0.05) is 12.6 Å². The molecule has 0 heterocycles. The number of rotatable bonds is 3. The molecule has 0 aliphatic rings. The van der Waals surface area contributed by atoms with E-state index in [9.17, 15) is 13.2 Å². The van der Waals surface area contributed by atoms with E-state index in [1.54, 1.807) is 26.0 Å². The van der Waals surface area contributed by atoms with E-state index in [1.165, 1.54) is 19.1 Å². The van der Waals surface area contributed by atoms with E-state index in [4.69, 9.17) is 0 Å². The summed E-state index contributed by atoms with van der Waals surface area (Å²) in [5.74, 6) is -0.181. The molecule has 1 aromatic carbocycles. The van der Waals surface area contributed by atoms with E-state index >= 15 is 0 Å². The van der Waals surface area contributed by atoms with Crippen molar-refractivity contribution in [2.24, 2.45) is 0 Å². The molecule has 0 aromatic heterocycles. The van der Waals surface area contributed by atoms with Crippen LogP contribution in [0.1, 0.15) is 20.8 Å². The van der Waals surface area contributed by atoms with E-state index in [0.717, 1.165) is 0 Å². The molecule has 1 N–H and O–H groups in total. The van der Waals surface area contributed by atoms with Crippen molar-refractivity contribution >= 4 is 21.4 Å². The molecule has 88 valence electrons. The molecule has 0 aliphatic carbocycles. The second kappa shape index (κ2) is 4.65. The maximum absolute atomic E-state index is 11.8. The predicted octanol–water partition coefficient (Wildman–Crippen LogP) is 1.83. The van der Waals surface area contributed by atoms with Gasteiger partial charge in [-0.3, -0.25) is 4.79 Å². The Balaban J connectivity index is 3.00. The van der Waals surface area contributed by atoms with Gasteiger partial charge >= 0.3 is 0 Å². The maximum Gasteiger partial charge on any atom is 0.221 e. The van der Waals surface area contributed by atoms with Crippen LogP contribution >= 0.6 is 0 Å². The average Bonchev–Trinajstić information content (AvgIpc) is 2.17. The zero-order valence-corrected chi connectivity index (χ0v) is 10.3. The van der Waals surface area contributed by atoms with Gasteiger partial charge in [-0.25, -0.2) is 8.42 Å². The molecular weight excluding hydrogens is 226 g/mol. The molecule has 0 fully saturated rings. The van der Waals surface area contributed by atoms with Gasteiger partial charge in [0.05, 0.1) is 10.1 Å². The van der Waals surface area contributed by atoms with Crippen LogP contribution in [-0.4, -0.2) is 19.6 Å². The Morgan fingerprint density at radius 2 is 1.69 bits per heavy atom. The normalized spacial score (nSPS) is 11.5. The summed E-state index contributed by atoms with van der Waals surface area (Å²) in [6, 6.07) is 6.16. The second-order valence-electron chi connectivity index (χ2n) is 3.80. The van der Waals surface area contributed by atoms with Crippen LogP contribution in [0, 0.1) is 0 Å². The van der Waals surface area contributed by atoms with Gasteiger partial charge in [0.2, 0.25) is 5.91 Å². The number of benzene rings is 1. The third-order valence-corrected chi connectivity index (χ3v) is 4.29. The first kappa shape index (κ1) is 12.7. The lowest BCUT2D eigenvalue weighted by Gasteiger charge is -2.08. The van der Waals surface area contributed by atoms with Crippen molar-refractivity contribution in [3.63, 3.8) is 0 Å². The van der Waals surface area contributed by atoms with Crippen molar-refractivity contribution in [2.75, 3.05) is 5.32 Å². The standard InChI is InChI=1S/C11H15NO3S/c1-8(2)16(14,15)11-6-4-10(5-7-11)12-9(3)13/h4-8H,1-3H3,(H,12,13). The molecule has 1 amide bonds. The van der Waals surface area contributed by atoms with Crippen LogP contribution in [0.2, 0.25) is 0 Å². The number of hydrogen-bond donors (Lipinski definition) is 1. The molecule has 5 heteroatoms. The number of carbonyl (C=O) groups excluding carboxylic acids is 1. The lowest BCUT2D eigenvalue weighted by molar-refractivity contribution is -0.114. The molecule has 0 spiro atoms. The molecular formula is C11H15NO3S. The van der Waals surface area contributed by atoms with Crippen LogP contribution in [0.3, 0.4) is 0 Å². The first-order valence-corrected chi connectivity index (χ1v) is 6.50. The summed E-state index contributed by atoms with van der Waals surface area (Å²) in [4.78, 5) is 11.0. The Hall–Kier alpha value is -1.36. The van der Waals surface area contributed by atoms with Crippen LogP contribution in [-0.2, 0) is 14.6 Å². The molecule has 0 saturated heterocycles. The molecule has 16 heavy (non-hydrogen) atoms. The molecule has 1 rings (SSSR count). The highest BCUT2D eigenvalue weighted by molar-refractivity contribution is 7.92. The largest absolute Gasteiger partial charge is 0.326 e. The smallest absolute Gasteiger partial charge is 0.221 e. The van der Waals surface area contributed by atoms with Gasteiger partial charge in [0.15, 0.2) is 9.84 Å². The molecule has 0 saturated carbocycles. The van der Waals surface area contributed by atoms with Gasteiger partial charge in [-0.1, -0.05) is 0 Å². The maximum atomic E-state index is 11.8. The summed E-state index contributed by atoms with van der Waals surface area (Å²) in [5.41, 5.74) is 0.593. The van der Waals surface area contributed by atoms with Crippen LogP contribution in [0.25, 0.3) is 0 Å². The first-order chi connectivity index (χ1) is 7.34.